The zero-order chi connectivity index (χ0) is 10.4. The van der Waals surface area contributed by atoms with Crippen LogP contribution in [0.5, 0.6) is 0 Å². The SMILES string of the molecule is CCN(CC)/C([S-])=C/c1ccccc1. The number of rotatable bonds is 4. The maximum atomic E-state index is 5.33. The highest BCUT2D eigenvalue weighted by atomic mass is 32.1. The first-order chi connectivity index (χ1) is 6.77. The molecule has 14 heavy (non-hydrogen) atoms. The topological polar surface area (TPSA) is 3.24 Å². The van der Waals surface area contributed by atoms with Crippen molar-refractivity contribution < 1.29 is 0 Å². The minimum Gasteiger partial charge on any atom is -0.763 e. The van der Waals surface area contributed by atoms with Crippen LogP contribution in [0.3, 0.4) is 0 Å². The van der Waals surface area contributed by atoms with Gasteiger partial charge in [-0.1, -0.05) is 36.4 Å². The van der Waals surface area contributed by atoms with Crippen molar-refractivity contribution in [3.63, 3.8) is 0 Å². The van der Waals surface area contributed by atoms with Crippen molar-refractivity contribution in [2.24, 2.45) is 0 Å². The zero-order valence-corrected chi connectivity index (χ0v) is 9.55. The molecule has 1 nitrogen and oxygen atoms in total. The van der Waals surface area contributed by atoms with Crippen molar-refractivity contribution >= 4 is 18.7 Å². The van der Waals surface area contributed by atoms with Gasteiger partial charge in [0.25, 0.3) is 0 Å². The summed E-state index contributed by atoms with van der Waals surface area (Å²) in [6, 6.07) is 10.2. The summed E-state index contributed by atoms with van der Waals surface area (Å²) < 4.78 is 0. The number of nitrogens with zero attached hydrogens (tertiary/aromatic N) is 1. The van der Waals surface area contributed by atoms with E-state index < -0.39 is 0 Å². The Morgan fingerprint density at radius 3 is 2.29 bits per heavy atom. The van der Waals surface area contributed by atoms with Gasteiger partial charge in [0.1, 0.15) is 0 Å². The van der Waals surface area contributed by atoms with Gasteiger partial charge in [-0.3, -0.25) is 0 Å². The van der Waals surface area contributed by atoms with E-state index in [1.54, 1.807) is 0 Å². The minimum absolute atomic E-state index is 0.918. The fraction of sp³-hybridized carbons (Fsp3) is 0.333. The van der Waals surface area contributed by atoms with Gasteiger partial charge < -0.3 is 17.5 Å². The lowest BCUT2D eigenvalue weighted by atomic mass is 10.2. The fourth-order valence-electron chi connectivity index (χ4n) is 1.32. The van der Waals surface area contributed by atoms with Gasteiger partial charge in [-0.05, 0) is 19.4 Å². The standard InChI is InChI=1S/C12H17NS/c1-3-13(4-2)12(14)10-11-8-6-5-7-9-11/h5-10,14H,3-4H2,1-2H3/p-1/b12-10-. The van der Waals surface area contributed by atoms with E-state index in [1.165, 1.54) is 5.56 Å². The molecule has 0 heterocycles. The second-order valence-electron chi connectivity index (χ2n) is 3.07. The Hall–Kier alpha value is -1.02. The van der Waals surface area contributed by atoms with Crippen molar-refractivity contribution in [2.45, 2.75) is 13.8 Å². The van der Waals surface area contributed by atoms with E-state index in [0.29, 0.717) is 0 Å². The predicted molar refractivity (Wildman–Crippen MR) is 64.7 cm³/mol. The molecular formula is C12H16NS-. The average molecular weight is 206 g/mol. The van der Waals surface area contributed by atoms with Crippen molar-refractivity contribution in [2.75, 3.05) is 13.1 Å². The lowest BCUT2D eigenvalue weighted by Crippen LogP contribution is -2.20. The molecule has 1 rings (SSSR count). The number of hydrogen-bond acceptors (Lipinski definition) is 2. The van der Waals surface area contributed by atoms with Crippen LogP contribution in [0.25, 0.3) is 6.08 Å². The van der Waals surface area contributed by atoms with E-state index in [0.717, 1.165) is 18.1 Å². The first-order valence-corrected chi connectivity index (χ1v) is 5.37. The molecule has 76 valence electrons. The van der Waals surface area contributed by atoms with Crippen molar-refractivity contribution in [3.05, 3.63) is 40.9 Å². The number of benzene rings is 1. The average Bonchev–Trinajstić information content (AvgIpc) is 2.21. The molecule has 0 unspecified atom stereocenters. The summed E-state index contributed by atoms with van der Waals surface area (Å²) in [5.74, 6) is 0. The van der Waals surface area contributed by atoms with Crippen molar-refractivity contribution in [1.29, 1.82) is 0 Å². The third-order valence-corrected chi connectivity index (χ3v) is 2.54. The second-order valence-corrected chi connectivity index (χ2v) is 3.48. The molecule has 0 aromatic heterocycles. The molecule has 0 saturated carbocycles. The van der Waals surface area contributed by atoms with Crippen LogP contribution >= 0.6 is 0 Å². The summed E-state index contributed by atoms with van der Waals surface area (Å²) >= 11 is 5.33. The van der Waals surface area contributed by atoms with Crippen LogP contribution in [0, 0.1) is 0 Å². The fourth-order valence-corrected chi connectivity index (χ4v) is 1.71. The predicted octanol–water partition coefficient (Wildman–Crippen LogP) is 2.87. The summed E-state index contributed by atoms with van der Waals surface area (Å²) in [4.78, 5) is 2.17. The minimum atomic E-state index is 0.918. The Morgan fingerprint density at radius 2 is 1.79 bits per heavy atom. The van der Waals surface area contributed by atoms with Gasteiger partial charge in [-0.2, -0.15) is 0 Å². The van der Waals surface area contributed by atoms with Crippen LogP contribution in [-0.2, 0) is 12.6 Å². The molecule has 0 bridgehead atoms. The molecule has 0 N–H and O–H groups in total. The van der Waals surface area contributed by atoms with Crippen LogP contribution in [0.2, 0.25) is 0 Å². The summed E-state index contributed by atoms with van der Waals surface area (Å²) in [5.41, 5.74) is 1.17. The Bertz CT molecular complexity index is 288. The molecule has 0 aliphatic carbocycles. The first kappa shape index (κ1) is 11.1. The molecule has 0 saturated heterocycles. The van der Waals surface area contributed by atoms with Gasteiger partial charge in [-0.25, -0.2) is 0 Å². The summed E-state index contributed by atoms with van der Waals surface area (Å²) in [5, 5.41) is 0.918. The third kappa shape index (κ3) is 3.04. The quantitative estimate of drug-likeness (QED) is 0.697. The molecule has 0 aliphatic heterocycles. The zero-order valence-electron chi connectivity index (χ0n) is 8.73. The van der Waals surface area contributed by atoms with Gasteiger partial charge in [-0.15, -0.1) is 5.03 Å². The molecule has 0 aliphatic rings. The second kappa shape index (κ2) is 5.66. The molecule has 0 atom stereocenters. The van der Waals surface area contributed by atoms with E-state index >= 15 is 0 Å². The monoisotopic (exact) mass is 206 g/mol. The molecular weight excluding hydrogens is 190 g/mol. The molecule has 0 spiro atoms. The maximum Gasteiger partial charge on any atom is 0.0128 e. The summed E-state index contributed by atoms with van der Waals surface area (Å²) in [6.45, 7) is 6.18. The highest BCUT2D eigenvalue weighted by Gasteiger charge is 1.92. The van der Waals surface area contributed by atoms with E-state index in [1.807, 2.05) is 24.3 Å². The molecule has 2 heteroatoms. The van der Waals surface area contributed by atoms with E-state index in [-0.39, 0.29) is 0 Å². The molecule has 0 fully saturated rings. The Morgan fingerprint density at radius 1 is 1.21 bits per heavy atom. The largest absolute Gasteiger partial charge is 0.763 e. The lowest BCUT2D eigenvalue weighted by molar-refractivity contribution is 0.412. The van der Waals surface area contributed by atoms with E-state index in [2.05, 4.69) is 30.9 Å². The molecule has 0 radical (unpaired) electrons. The molecule has 1 aromatic carbocycles. The van der Waals surface area contributed by atoms with E-state index in [9.17, 15) is 0 Å². The highest BCUT2D eigenvalue weighted by Crippen LogP contribution is 2.08. The normalized spacial score (nSPS) is 11.4. The van der Waals surface area contributed by atoms with Crippen molar-refractivity contribution in [1.82, 2.24) is 4.90 Å². The Labute approximate surface area is 91.8 Å². The Kier molecular flexibility index (Phi) is 4.47. The van der Waals surface area contributed by atoms with Gasteiger partial charge in [0.15, 0.2) is 0 Å². The Balaban J connectivity index is 2.77. The van der Waals surface area contributed by atoms with Crippen LogP contribution in [0.4, 0.5) is 0 Å². The van der Waals surface area contributed by atoms with Gasteiger partial charge in [0.05, 0.1) is 0 Å². The third-order valence-electron chi connectivity index (χ3n) is 2.16. The van der Waals surface area contributed by atoms with E-state index in [4.69, 9.17) is 12.6 Å². The smallest absolute Gasteiger partial charge is 0.0128 e. The lowest BCUT2D eigenvalue weighted by Gasteiger charge is -2.29. The number of hydrogen-bond donors (Lipinski definition) is 0. The van der Waals surface area contributed by atoms with Crippen LogP contribution in [-0.4, -0.2) is 18.0 Å². The van der Waals surface area contributed by atoms with Gasteiger partial charge in [0, 0.05) is 13.1 Å². The molecule has 1 aromatic rings. The van der Waals surface area contributed by atoms with Gasteiger partial charge >= 0.3 is 0 Å². The van der Waals surface area contributed by atoms with Gasteiger partial charge in [0.2, 0.25) is 0 Å². The molecule has 0 amide bonds. The summed E-state index contributed by atoms with van der Waals surface area (Å²) in [7, 11) is 0. The first-order valence-electron chi connectivity index (χ1n) is 4.96. The maximum absolute atomic E-state index is 5.33. The van der Waals surface area contributed by atoms with Crippen LogP contribution in [0.1, 0.15) is 19.4 Å². The van der Waals surface area contributed by atoms with Crippen molar-refractivity contribution in [3.8, 4) is 0 Å². The van der Waals surface area contributed by atoms with Crippen LogP contribution in [0.15, 0.2) is 35.4 Å². The summed E-state index contributed by atoms with van der Waals surface area (Å²) in [6.07, 6.45) is 2.04. The highest BCUT2D eigenvalue weighted by molar-refractivity contribution is 7.63. The van der Waals surface area contributed by atoms with Crippen LogP contribution < -0.4 is 0 Å².